The van der Waals surface area contributed by atoms with Crippen molar-refractivity contribution < 1.29 is 4.79 Å². The summed E-state index contributed by atoms with van der Waals surface area (Å²) in [5.74, 6) is 0.565. The second-order valence-corrected chi connectivity index (χ2v) is 5.52. The Balaban J connectivity index is 1.81. The fraction of sp³-hybridized carbons (Fsp3) is 0.375. The zero-order chi connectivity index (χ0) is 12.8. The topological polar surface area (TPSA) is 33.2 Å². The molecule has 0 bridgehead atoms. The molecule has 2 aromatic rings. The number of carbonyl (C=O) groups is 1. The van der Waals surface area contributed by atoms with Gasteiger partial charge in [0.25, 0.3) is 0 Å². The summed E-state index contributed by atoms with van der Waals surface area (Å²) in [6, 6.07) is 10.5. The van der Waals surface area contributed by atoms with E-state index in [1.54, 1.807) is 6.20 Å². The average Bonchev–Trinajstić information content (AvgIpc) is 2.47. The molecule has 2 atom stereocenters. The first-order valence-corrected chi connectivity index (χ1v) is 7.03. The number of amides is 1. The molecule has 2 fully saturated rings. The van der Waals surface area contributed by atoms with Crippen LogP contribution in [0.3, 0.4) is 0 Å². The lowest BCUT2D eigenvalue weighted by Gasteiger charge is -2.49. The average molecular weight is 252 g/mol. The number of anilines is 1. The minimum atomic E-state index is 0.271. The SMILES string of the molecule is O=C1[C@H]2CCCC[C@H]2N1c1cccc2cccnc12. The lowest BCUT2D eigenvalue weighted by molar-refractivity contribution is -0.131. The molecule has 2 heterocycles. The van der Waals surface area contributed by atoms with Gasteiger partial charge in [0.05, 0.1) is 17.1 Å². The van der Waals surface area contributed by atoms with Crippen LogP contribution in [0.15, 0.2) is 36.5 Å². The van der Waals surface area contributed by atoms with Gasteiger partial charge >= 0.3 is 0 Å². The summed E-state index contributed by atoms with van der Waals surface area (Å²) in [5.41, 5.74) is 1.94. The van der Waals surface area contributed by atoms with Crippen LogP contribution in [0, 0.1) is 5.92 Å². The zero-order valence-electron chi connectivity index (χ0n) is 10.7. The van der Waals surface area contributed by atoms with Crippen molar-refractivity contribution in [2.24, 2.45) is 5.92 Å². The Morgan fingerprint density at radius 1 is 1.11 bits per heavy atom. The zero-order valence-corrected chi connectivity index (χ0v) is 10.7. The Morgan fingerprint density at radius 3 is 2.89 bits per heavy atom. The van der Waals surface area contributed by atoms with E-state index >= 15 is 0 Å². The lowest BCUT2D eigenvalue weighted by atomic mass is 9.75. The molecule has 96 valence electrons. The molecule has 1 saturated heterocycles. The third kappa shape index (κ3) is 1.51. The third-order valence-electron chi connectivity index (χ3n) is 4.49. The first kappa shape index (κ1) is 11.0. The highest BCUT2D eigenvalue weighted by atomic mass is 16.2. The van der Waals surface area contributed by atoms with Gasteiger partial charge in [-0.1, -0.05) is 31.0 Å². The number of β-lactam (4-membered cyclic amide) rings is 1. The number of hydrogen-bond acceptors (Lipinski definition) is 2. The van der Waals surface area contributed by atoms with E-state index in [4.69, 9.17) is 0 Å². The van der Waals surface area contributed by atoms with E-state index in [0.717, 1.165) is 29.4 Å². The number of benzene rings is 1. The highest BCUT2D eigenvalue weighted by Crippen LogP contribution is 2.42. The minimum absolute atomic E-state index is 0.271. The summed E-state index contributed by atoms with van der Waals surface area (Å²) in [6.45, 7) is 0. The summed E-state index contributed by atoms with van der Waals surface area (Å²) in [5, 5.41) is 1.10. The fourth-order valence-corrected chi connectivity index (χ4v) is 3.55. The normalized spacial score (nSPS) is 26.1. The van der Waals surface area contributed by atoms with E-state index < -0.39 is 0 Å². The van der Waals surface area contributed by atoms with Crippen LogP contribution in [0.2, 0.25) is 0 Å². The Labute approximate surface area is 112 Å². The van der Waals surface area contributed by atoms with Crippen molar-refractivity contribution in [2.75, 3.05) is 4.90 Å². The molecule has 1 aromatic heterocycles. The molecule has 0 radical (unpaired) electrons. The van der Waals surface area contributed by atoms with Crippen molar-refractivity contribution in [1.82, 2.24) is 4.98 Å². The van der Waals surface area contributed by atoms with Gasteiger partial charge in [-0.3, -0.25) is 9.78 Å². The Morgan fingerprint density at radius 2 is 1.95 bits per heavy atom. The number of carbonyl (C=O) groups excluding carboxylic acids is 1. The number of nitrogens with zero attached hydrogens (tertiary/aromatic N) is 2. The van der Waals surface area contributed by atoms with Gasteiger partial charge in [-0.15, -0.1) is 0 Å². The van der Waals surface area contributed by atoms with Gasteiger partial charge in [-0.2, -0.15) is 0 Å². The van der Waals surface area contributed by atoms with Crippen molar-refractivity contribution in [2.45, 2.75) is 31.7 Å². The van der Waals surface area contributed by atoms with Crippen LogP contribution in [0.25, 0.3) is 10.9 Å². The van der Waals surface area contributed by atoms with E-state index in [9.17, 15) is 4.79 Å². The number of hydrogen-bond donors (Lipinski definition) is 0. The third-order valence-corrected chi connectivity index (χ3v) is 4.49. The smallest absolute Gasteiger partial charge is 0.232 e. The predicted molar refractivity (Wildman–Crippen MR) is 75.0 cm³/mol. The molecule has 3 heteroatoms. The molecular formula is C16H16N2O. The predicted octanol–water partition coefficient (Wildman–Crippen LogP) is 3.14. The number of pyridine rings is 1. The Bertz CT molecular complexity index is 647. The maximum atomic E-state index is 12.3. The van der Waals surface area contributed by atoms with Crippen molar-refractivity contribution in [1.29, 1.82) is 0 Å². The molecule has 1 aromatic carbocycles. The van der Waals surface area contributed by atoms with Crippen LogP contribution < -0.4 is 4.90 Å². The van der Waals surface area contributed by atoms with Crippen molar-refractivity contribution in [3.63, 3.8) is 0 Å². The maximum Gasteiger partial charge on any atom is 0.232 e. The molecule has 19 heavy (non-hydrogen) atoms. The Hall–Kier alpha value is -1.90. The Kier molecular flexibility index (Phi) is 2.34. The second kappa shape index (κ2) is 4.05. The molecule has 3 nitrogen and oxygen atoms in total. The molecule has 1 aliphatic heterocycles. The van der Waals surface area contributed by atoms with Gasteiger partial charge in [-0.05, 0) is 25.0 Å². The summed E-state index contributed by atoms with van der Waals surface area (Å²) in [4.78, 5) is 18.8. The summed E-state index contributed by atoms with van der Waals surface area (Å²) >= 11 is 0. The van der Waals surface area contributed by atoms with Gasteiger partial charge in [0.15, 0.2) is 0 Å². The lowest BCUT2D eigenvalue weighted by Crippen LogP contribution is -2.62. The van der Waals surface area contributed by atoms with Gasteiger partial charge in [-0.25, -0.2) is 0 Å². The monoisotopic (exact) mass is 252 g/mol. The standard InChI is InChI=1S/C16H16N2O/c19-16-12-7-1-2-8-13(12)18(16)14-9-3-5-11-6-4-10-17-15(11)14/h3-6,9-10,12-13H,1-2,7-8H2/t12-,13+/m0/s1. The van der Waals surface area contributed by atoms with E-state index in [1.807, 2.05) is 23.1 Å². The van der Waals surface area contributed by atoms with Gasteiger partial charge in [0, 0.05) is 17.6 Å². The van der Waals surface area contributed by atoms with Crippen LogP contribution in [0.4, 0.5) is 5.69 Å². The summed E-state index contributed by atoms with van der Waals surface area (Å²) < 4.78 is 0. The fourth-order valence-electron chi connectivity index (χ4n) is 3.55. The summed E-state index contributed by atoms with van der Waals surface area (Å²) in [7, 11) is 0. The molecule has 1 amide bonds. The quantitative estimate of drug-likeness (QED) is 0.730. The van der Waals surface area contributed by atoms with E-state index in [0.29, 0.717) is 11.9 Å². The molecule has 0 spiro atoms. The van der Waals surface area contributed by atoms with Gasteiger partial charge in [0.2, 0.25) is 5.91 Å². The van der Waals surface area contributed by atoms with Crippen LogP contribution in [-0.4, -0.2) is 16.9 Å². The number of aromatic nitrogens is 1. The molecule has 2 aliphatic rings. The first-order chi connectivity index (χ1) is 9.36. The molecule has 0 unspecified atom stereocenters. The van der Waals surface area contributed by atoms with Crippen molar-refractivity contribution in [3.05, 3.63) is 36.5 Å². The highest BCUT2D eigenvalue weighted by Gasteiger charge is 2.48. The second-order valence-electron chi connectivity index (χ2n) is 5.52. The van der Waals surface area contributed by atoms with E-state index in [2.05, 4.69) is 17.1 Å². The van der Waals surface area contributed by atoms with E-state index in [1.165, 1.54) is 12.8 Å². The molecule has 0 N–H and O–H groups in total. The van der Waals surface area contributed by atoms with Crippen LogP contribution in [0.1, 0.15) is 25.7 Å². The van der Waals surface area contributed by atoms with Crippen LogP contribution >= 0.6 is 0 Å². The van der Waals surface area contributed by atoms with Gasteiger partial charge in [0.1, 0.15) is 0 Å². The highest BCUT2D eigenvalue weighted by molar-refractivity contribution is 6.08. The molecule has 1 saturated carbocycles. The van der Waals surface area contributed by atoms with Crippen LogP contribution in [0.5, 0.6) is 0 Å². The van der Waals surface area contributed by atoms with Crippen molar-refractivity contribution in [3.8, 4) is 0 Å². The van der Waals surface area contributed by atoms with Crippen molar-refractivity contribution >= 4 is 22.5 Å². The largest absolute Gasteiger partial charge is 0.306 e. The number of para-hydroxylation sites is 1. The molecule has 4 rings (SSSR count). The molecule has 1 aliphatic carbocycles. The molecular weight excluding hydrogens is 236 g/mol. The minimum Gasteiger partial charge on any atom is -0.306 e. The maximum absolute atomic E-state index is 12.3. The first-order valence-electron chi connectivity index (χ1n) is 7.03. The van der Waals surface area contributed by atoms with Crippen LogP contribution in [-0.2, 0) is 4.79 Å². The number of fused-ring (bicyclic) bond motifs is 2. The summed E-state index contributed by atoms with van der Waals surface area (Å²) in [6.07, 6.45) is 6.45. The van der Waals surface area contributed by atoms with E-state index in [-0.39, 0.29) is 5.92 Å². The number of rotatable bonds is 1. The van der Waals surface area contributed by atoms with Gasteiger partial charge < -0.3 is 4.90 Å².